The lowest BCUT2D eigenvalue weighted by atomic mass is 9.97. The summed E-state index contributed by atoms with van der Waals surface area (Å²) in [5, 5.41) is 0. The third kappa shape index (κ3) is 4.22. The fraction of sp³-hybridized carbons (Fsp3) is 0.625. The van der Waals surface area contributed by atoms with Crippen molar-refractivity contribution in [1.82, 2.24) is 4.90 Å². The molecule has 1 unspecified atom stereocenters. The van der Waals surface area contributed by atoms with Gasteiger partial charge in [-0.05, 0) is 45.4 Å². The van der Waals surface area contributed by atoms with Gasteiger partial charge in [0.05, 0.1) is 11.2 Å². The van der Waals surface area contributed by atoms with Gasteiger partial charge < -0.3 is 10.5 Å². The normalized spacial score (nSPS) is 23.0. The molecule has 1 aliphatic heterocycles. The second kappa shape index (κ2) is 5.63. The molecule has 0 aliphatic carbocycles. The highest BCUT2D eigenvalue weighted by Crippen LogP contribution is 2.29. The summed E-state index contributed by atoms with van der Waals surface area (Å²) in [5.41, 5.74) is 6.25. The van der Waals surface area contributed by atoms with Crippen LogP contribution in [0.5, 0.6) is 0 Å². The predicted octanol–water partition coefficient (Wildman–Crippen LogP) is 2.85. The standard InChI is InChI=1S/C16H24F2N2O/c1-15(2)9-20(10-16(3,4)21-15)8-14(19)11-5-6-12(17)13(18)7-11/h5-7,14H,8-10,19H2,1-4H3. The maximum Gasteiger partial charge on any atom is 0.159 e. The van der Waals surface area contributed by atoms with Gasteiger partial charge in [0.1, 0.15) is 0 Å². The fourth-order valence-corrected chi connectivity index (χ4v) is 3.20. The molecule has 1 heterocycles. The summed E-state index contributed by atoms with van der Waals surface area (Å²) in [5.74, 6) is -1.70. The van der Waals surface area contributed by atoms with Crippen molar-refractivity contribution in [2.75, 3.05) is 19.6 Å². The number of halogens is 2. The molecular formula is C16H24F2N2O. The number of rotatable bonds is 3. The van der Waals surface area contributed by atoms with Gasteiger partial charge in [-0.15, -0.1) is 0 Å². The Morgan fingerprint density at radius 3 is 2.24 bits per heavy atom. The van der Waals surface area contributed by atoms with Crippen LogP contribution in [0.4, 0.5) is 8.78 Å². The van der Waals surface area contributed by atoms with Gasteiger partial charge in [0.2, 0.25) is 0 Å². The largest absolute Gasteiger partial charge is 0.367 e. The molecule has 2 N–H and O–H groups in total. The van der Waals surface area contributed by atoms with Gasteiger partial charge in [-0.1, -0.05) is 6.07 Å². The summed E-state index contributed by atoms with van der Waals surface area (Å²) in [6.07, 6.45) is 0. The van der Waals surface area contributed by atoms with Gasteiger partial charge in [0, 0.05) is 25.7 Å². The molecule has 1 atom stereocenters. The summed E-state index contributed by atoms with van der Waals surface area (Å²) in [6, 6.07) is 3.48. The van der Waals surface area contributed by atoms with E-state index in [0.29, 0.717) is 12.1 Å². The minimum Gasteiger partial charge on any atom is -0.367 e. The summed E-state index contributed by atoms with van der Waals surface area (Å²) in [7, 11) is 0. The van der Waals surface area contributed by atoms with Gasteiger partial charge in [0.15, 0.2) is 11.6 Å². The van der Waals surface area contributed by atoms with Gasteiger partial charge in [0.25, 0.3) is 0 Å². The molecule has 21 heavy (non-hydrogen) atoms. The molecule has 118 valence electrons. The van der Waals surface area contributed by atoms with E-state index in [1.54, 1.807) is 6.07 Å². The summed E-state index contributed by atoms with van der Waals surface area (Å²) < 4.78 is 32.3. The van der Waals surface area contributed by atoms with Gasteiger partial charge in [-0.3, -0.25) is 4.90 Å². The van der Waals surface area contributed by atoms with E-state index in [1.807, 2.05) is 27.7 Å². The first-order chi connectivity index (χ1) is 9.58. The van der Waals surface area contributed by atoms with Gasteiger partial charge in [-0.2, -0.15) is 0 Å². The van der Waals surface area contributed by atoms with Crippen LogP contribution in [0.1, 0.15) is 39.3 Å². The topological polar surface area (TPSA) is 38.5 Å². The Labute approximate surface area is 125 Å². The molecule has 0 aromatic heterocycles. The molecule has 0 spiro atoms. The zero-order chi connectivity index (χ0) is 15.8. The second-order valence-corrected chi connectivity index (χ2v) is 7.07. The SMILES string of the molecule is CC1(C)CN(CC(N)c2ccc(F)c(F)c2)CC(C)(C)O1. The molecule has 0 bridgehead atoms. The number of nitrogens with two attached hydrogens (primary N) is 1. The lowest BCUT2D eigenvalue weighted by Gasteiger charge is -2.47. The highest BCUT2D eigenvalue weighted by Gasteiger charge is 2.38. The smallest absolute Gasteiger partial charge is 0.159 e. The fourth-order valence-electron chi connectivity index (χ4n) is 3.20. The molecule has 0 radical (unpaired) electrons. The van der Waals surface area contributed by atoms with E-state index < -0.39 is 11.6 Å². The molecule has 1 fully saturated rings. The monoisotopic (exact) mass is 298 g/mol. The van der Waals surface area contributed by atoms with Crippen molar-refractivity contribution in [3.05, 3.63) is 35.4 Å². The van der Waals surface area contributed by atoms with Crippen molar-refractivity contribution >= 4 is 0 Å². The zero-order valence-electron chi connectivity index (χ0n) is 13.1. The number of morpholine rings is 1. The van der Waals surface area contributed by atoms with Gasteiger partial charge in [-0.25, -0.2) is 8.78 Å². The first-order valence-electron chi connectivity index (χ1n) is 7.21. The Morgan fingerprint density at radius 1 is 1.14 bits per heavy atom. The second-order valence-electron chi connectivity index (χ2n) is 7.07. The molecule has 1 aromatic carbocycles. The third-order valence-corrected chi connectivity index (χ3v) is 3.59. The van der Waals surface area contributed by atoms with Gasteiger partial charge >= 0.3 is 0 Å². The highest BCUT2D eigenvalue weighted by molar-refractivity contribution is 5.21. The number of nitrogens with zero attached hydrogens (tertiary/aromatic N) is 1. The van der Waals surface area contributed by atoms with Crippen molar-refractivity contribution in [2.45, 2.75) is 44.9 Å². The van der Waals surface area contributed by atoms with Crippen LogP contribution in [0.3, 0.4) is 0 Å². The van der Waals surface area contributed by atoms with Crippen molar-refractivity contribution in [3.8, 4) is 0 Å². The minimum absolute atomic E-state index is 0.254. The quantitative estimate of drug-likeness (QED) is 0.932. The maximum atomic E-state index is 13.3. The number of hydrogen-bond acceptors (Lipinski definition) is 3. The summed E-state index contributed by atoms with van der Waals surface area (Å²) in [4.78, 5) is 2.22. The third-order valence-electron chi connectivity index (χ3n) is 3.59. The average molecular weight is 298 g/mol. The van der Waals surface area contributed by atoms with Crippen molar-refractivity contribution in [2.24, 2.45) is 5.73 Å². The molecule has 1 saturated heterocycles. The number of ether oxygens (including phenoxy) is 1. The highest BCUT2D eigenvalue weighted by atomic mass is 19.2. The van der Waals surface area contributed by atoms with Crippen LogP contribution in [0.15, 0.2) is 18.2 Å². The first-order valence-corrected chi connectivity index (χ1v) is 7.21. The van der Waals surface area contributed by atoms with Crippen LogP contribution in [-0.4, -0.2) is 35.7 Å². The van der Waals surface area contributed by atoms with Crippen LogP contribution in [0, 0.1) is 11.6 Å². The molecule has 0 saturated carbocycles. The molecule has 5 heteroatoms. The van der Waals surface area contributed by atoms with Crippen LogP contribution in [0.2, 0.25) is 0 Å². The van der Waals surface area contributed by atoms with E-state index in [4.69, 9.17) is 10.5 Å². The number of hydrogen-bond donors (Lipinski definition) is 1. The molecule has 1 aromatic rings. The molecular weight excluding hydrogens is 274 g/mol. The first kappa shape index (κ1) is 16.3. The molecule has 0 amide bonds. The lowest BCUT2D eigenvalue weighted by Crippen LogP contribution is -2.58. The van der Waals surface area contributed by atoms with E-state index in [2.05, 4.69) is 4.90 Å². The Balaban J connectivity index is 2.08. The summed E-state index contributed by atoms with van der Waals surface area (Å²) in [6.45, 7) is 10.3. The zero-order valence-corrected chi connectivity index (χ0v) is 13.1. The molecule has 1 aliphatic rings. The van der Waals surface area contributed by atoms with Crippen LogP contribution in [-0.2, 0) is 4.74 Å². The van der Waals surface area contributed by atoms with Crippen molar-refractivity contribution in [3.63, 3.8) is 0 Å². The Bertz CT molecular complexity index is 501. The van der Waals surface area contributed by atoms with E-state index in [-0.39, 0.29) is 17.2 Å². The van der Waals surface area contributed by atoms with Crippen LogP contribution in [0.25, 0.3) is 0 Å². The molecule has 3 nitrogen and oxygen atoms in total. The Hall–Kier alpha value is -1.04. The van der Waals surface area contributed by atoms with Crippen LogP contribution < -0.4 is 5.73 Å². The van der Waals surface area contributed by atoms with E-state index in [1.165, 1.54) is 6.07 Å². The lowest BCUT2D eigenvalue weighted by molar-refractivity contribution is -0.181. The van der Waals surface area contributed by atoms with Crippen molar-refractivity contribution < 1.29 is 13.5 Å². The van der Waals surface area contributed by atoms with Crippen LogP contribution >= 0.6 is 0 Å². The van der Waals surface area contributed by atoms with E-state index in [0.717, 1.165) is 19.2 Å². The van der Waals surface area contributed by atoms with E-state index in [9.17, 15) is 8.78 Å². The minimum atomic E-state index is -0.856. The maximum absolute atomic E-state index is 13.3. The summed E-state index contributed by atoms with van der Waals surface area (Å²) >= 11 is 0. The molecule has 2 rings (SSSR count). The number of benzene rings is 1. The van der Waals surface area contributed by atoms with Crippen molar-refractivity contribution in [1.29, 1.82) is 0 Å². The average Bonchev–Trinajstić information content (AvgIpc) is 2.28. The Kier molecular flexibility index (Phi) is 4.38. The Morgan fingerprint density at radius 2 is 1.71 bits per heavy atom. The predicted molar refractivity (Wildman–Crippen MR) is 79.0 cm³/mol. The van der Waals surface area contributed by atoms with E-state index >= 15 is 0 Å².